The average Bonchev–Trinajstić information content (AvgIpc) is 3.10. The molecule has 2 aromatic rings. The minimum Gasteiger partial charge on any atom is -0.391 e. The number of aromatic nitrogens is 1. The number of aliphatic hydroxyl groups is 1. The fraction of sp³-hybridized carbons (Fsp3) is 0.375. The highest BCUT2D eigenvalue weighted by atomic mass is 32.1. The second kappa shape index (κ2) is 6.64. The average molecular weight is 371 g/mol. The molecule has 2 N–H and O–H groups in total. The molecule has 1 aromatic carbocycles. The first-order valence-corrected chi connectivity index (χ1v) is 8.39. The quantitative estimate of drug-likeness (QED) is 0.867. The third kappa shape index (κ3) is 3.62. The van der Waals surface area contributed by atoms with Crippen molar-refractivity contribution < 1.29 is 23.1 Å². The highest BCUT2D eigenvalue weighted by Crippen LogP contribution is 2.32. The molecule has 1 unspecified atom stereocenters. The van der Waals surface area contributed by atoms with Crippen molar-refractivity contribution in [3.8, 4) is 0 Å². The van der Waals surface area contributed by atoms with Gasteiger partial charge in [-0.2, -0.15) is 13.2 Å². The van der Waals surface area contributed by atoms with Gasteiger partial charge >= 0.3 is 12.2 Å². The van der Waals surface area contributed by atoms with Crippen LogP contribution in [-0.2, 0) is 19.3 Å². The van der Waals surface area contributed by atoms with Crippen LogP contribution in [0.2, 0.25) is 0 Å². The van der Waals surface area contributed by atoms with Gasteiger partial charge in [0, 0.05) is 13.1 Å². The molecule has 1 atom stereocenters. The summed E-state index contributed by atoms with van der Waals surface area (Å²) in [5.41, 5.74) is 0.601. The molecule has 0 radical (unpaired) electrons. The zero-order valence-corrected chi connectivity index (χ0v) is 14.1. The summed E-state index contributed by atoms with van der Waals surface area (Å²) >= 11 is 1.34. The number of alkyl halides is 3. The second-order valence-electron chi connectivity index (χ2n) is 5.74. The van der Waals surface area contributed by atoms with E-state index in [9.17, 15) is 23.1 Å². The number of thiazole rings is 1. The van der Waals surface area contributed by atoms with Crippen LogP contribution in [0.4, 0.5) is 18.0 Å². The van der Waals surface area contributed by atoms with Gasteiger partial charge < -0.3 is 15.3 Å². The summed E-state index contributed by atoms with van der Waals surface area (Å²) in [6, 6.07) is 4.17. The maximum absolute atomic E-state index is 12.6. The number of hydrogen-bond donors (Lipinski definition) is 2. The van der Waals surface area contributed by atoms with Crippen LogP contribution in [0.1, 0.15) is 32.7 Å². The zero-order valence-electron chi connectivity index (χ0n) is 13.3. The monoisotopic (exact) mass is 371 g/mol. The molecule has 134 valence electrons. The predicted molar refractivity (Wildman–Crippen MR) is 85.9 cm³/mol. The molecule has 2 amide bonds. The normalized spacial score (nSPS) is 17.9. The van der Waals surface area contributed by atoms with Gasteiger partial charge in [0.15, 0.2) is 0 Å². The molecule has 1 fully saturated rings. The Bertz CT molecular complexity index is 774. The number of carbonyl (C=O) groups is 1. The summed E-state index contributed by atoms with van der Waals surface area (Å²) in [7, 11) is 0. The summed E-state index contributed by atoms with van der Waals surface area (Å²) in [4.78, 5) is 18.8. The third-order valence-corrected chi connectivity index (χ3v) is 5.30. The van der Waals surface area contributed by atoms with Crippen LogP contribution < -0.4 is 5.32 Å². The number of carbonyl (C=O) groups excluding carboxylic acids is 1. The highest BCUT2D eigenvalue weighted by Gasteiger charge is 2.35. The molecule has 1 saturated heterocycles. The van der Waals surface area contributed by atoms with Crippen LogP contribution in [-0.4, -0.2) is 27.6 Å². The minimum atomic E-state index is -4.38. The van der Waals surface area contributed by atoms with Crippen LogP contribution in [0.15, 0.2) is 24.3 Å². The molecule has 0 spiro atoms. The van der Waals surface area contributed by atoms with E-state index >= 15 is 0 Å². The molecule has 1 aliphatic heterocycles. The number of hydrogen-bond acceptors (Lipinski definition) is 4. The number of rotatable bonds is 4. The standard InChI is InChI=1S/C16H16F3N3O2S/c1-9-13(8-23)25-14(21-9)12-6-20-15(24)22(12)7-10-2-4-11(5-3-10)16(17,18)19/h2-5,12,23H,6-8H2,1H3,(H,20,24). The number of benzene rings is 1. The minimum absolute atomic E-state index is 0.115. The van der Waals surface area contributed by atoms with E-state index in [1.807, 2.05) is 0 Å². The van der Waals surface area contributed by atoms with Crippen molar-refractivity contribution in [3.05, 3.63) is 51.0 Å². The molecule has 5 nitrogen and oxygen atoms in total. The maximum Gasteiger partial charge on any atom is 0.416 e. The van der Waals surface area contributed by atoms with E-state index in [4.69, 9.17) is 0 Å². The topological polar surface area (TPSA) is 65.5 Å². The number of halogens is 3. The van der Waals surface area contributed by atoms with E-state index in [1.54, 1.807) is 11.8 Å². The van der Waals surface area contributed by atoms with E-state index in [2.05, 4.69) is 10.3 Å². The highest BCUT2D eigenvalue weighted by molar-refractivity contribution is 7.11. The maximum atomic E-state index is 12.6. The number of nitrogens with one attached hydrogen (secondary N) is 1. The van der Waals surface area contributed by atoms with Crippen LogP contribution in [0, 0.1) is 6.92 Å². The molecule has 25 heavy (non-hydrogen) atoms. The van der Waals surface area contributed by atoms with E-state index in [0.717, 1.165) is 22.7 Å². The number of urea groups is 1. The van der Waals surface area contributed by atoms with E-state index < -0.39 is 11.7 Å². The van der Waals surface area contributed by atoms with Gasteiger partial charge in [0.25, 0.3) is 0 Å². The van der Waals surface area contributed by atoms with Gasteiger partial charge in [-0.1, -0.05) is 12.1 Å². The van der Waals surface area contributed by atoms with Gasteiger partial charge in [-0.25, -0.2) is 9.78 Å². The molecule has 0 aliphatic carbocycles. The van der Waals surface area contributed by atoms with Crippen molar-refractivity contribution in [2.45, 2.75) is 32.3 Å². The summed E-state index contributed by atoms with van der Waals surface area (Å²) < 4.78 is 37.9. The van der Waals surface area contributed by atoms with E-state index in [1.165, 1.54) is 23.5 Å². The van der Waals surface area contributed by atoms with Crippen molar-refractivity contribution in [1.82, 2.24) is 15.2 Å². The zero-order chi connectivity index (χ0) is 18.2. The summed E-state index contributed by atoms with van der Waals surface area (Å²) in [5, 5.41) is 12.7. The lowest BCUT2D eigenvalue weighted by Crippen LogP contribution is -2.29. The van der Waals surface area contributed by atoms with Gasteiger partial charge in [0.2, 0.25) is 0 Å². The Morgan fingerprint density at radius 2 is 2.04 bits per heavy atom. The largest absolute Gasteiger partial charge is 0.416 e. The lowest BCUT2D eigenvalue weighted by atomic mass is 10.1. The molecular weight excluding hydrogens is 355 g/mol. The van der Waals surface area contributed by atoms with Gasteiger partial charge in [-0.3, -0.25) is 0 Å². The Balaban J connectivity index is 1.80. The lowest BCUT2D eigenvalue weighted by molar-refractivity contribution is -0.137. The molecular formula is C16H16F3N3O2S. The first-order chi connectivity index (χ1) is 11.8. The van der Waals surface area contributed by atoms with Crippen molar-refractivity contribution in [3.63, 3.8) is 0 Å². The number of nitrogens with zero attached hydrogens (tertiary/aromatic N) is 2. The fourth-order valence-electron chi connectivity index (χ4n) is 2.68. The molecule has 3 rings (SSSR count). The first kappa shape index (κ1) is 17.7. The Kier molecular flexibility index (Phi) is 4.70. The number of amides is 2. The third-order valence-electron chi connectivity index (χ3n) is 4.06. The van der Waals surface area contributed by atoms with E-state index in [0.29, 0.717) is 17.1 Å². The molecule has 2 heterocycles. The number of aryl methyl sites for hydroxylation is 1. The summed E-state index contributed by atoms with van der Waals surface area (Å²) in [6.45, 7) is 2.23. The van der Waals surface area contributed by atoms with Crippen LogP contribution in [0.25, 0.3) is 0 Å². The number of aliphatic hydroxyl groups excluding tert-OH is 1. The predicted octanol–water partition coefficient (Wildman–Crippen LogP) is 3.23. The first-order valence-electron chi connectivity index (χ1n) is 7.57. The van der Waals surface area contributed by atoms with Crippen LogP contribution in [0.3, 0.4) is 0 Å². The van der Waals surface area contributed by atoms with Crippen LogP contribution in [0.5, 0.6) is 0 Å². The Labute approximate surface area is 146 Å². The molecule has 0 saturated carbocycles. The molecule has 1 aromatic heterocycles. The van der Waals surface area contributed by atoms with E-state index in [-0.39, 0.29) is 25.2 Å². The van der Waals surface area contributed by atoms with Gasteiger partial charge in [-0.05, 0) is 24.6 Å². The smallest absolute Gasteiger partial charge is 0.391 e. The molecule has 1 aliphatic rings. The van der Waals surface area contributed by atoms with Crippen molar-refractivity contribution in [2.24, 2.45) is 0 Å². The van der Waals surface area contributed by atoms with Gasteiger partial charge in [-0.15, -0.1) is 11.3 Å². The Morgan fingerprint density at radius 1 is 1.36 bits per heavy atom. The molecule has 9 heteroatoms. The SMILES string of the molecule is Cc1nc(C2CNC(=O)N2Cc2ccc(C(F)(F)F)cc2)sc1CO. The van der Waals surface area contributed by atoms with Gasteiger partial charge in [0.05, 0.1) is 22.7 Å². The lowest BCUT2D eigenvalue weighted by Gasteiger charge is -2.21. The Morgan fingerprint density at radius 3 is 2.60 bits per heavy atom. The fourth-order valence-corrected chi connectivity index (χ4v) is 3.72. The second-order valence-corrected chi connectivity index (χ2v) is 6.86. The van der Waals surface area contributed by atoms with Gasteiger partial charge in [0.1, 0.15) is 11.0 Å². The summed E-state index contributed by atoms with van der Waals surface area (Å²) in [6.07, 6.45) is -4.38. The van der Waals surface area contributed by atoms with Crippen molar-refractivity contribution in [2.75, 3.05) is 6.54 Å². The van der Waals surface area contributed by atoms with Crippen molar-refractivity contribution >= 4 is 17.4 Å². The summed E-state index contributed by atoms with van der Waals surface area (Å²) in [5.74, 6) is 0. The van der Waals surface area contributed by atoms with Crippen LogP contribution >= 0.6 is 11.3 Å². The van der Waals surface area contributed by atoms with Crippen molar-refractivity contribution in [1.29, 1.82) is 0 Å². The Hall–Kier alpha value is -2.13. The molecule has 0 bridgehead atoms.